The summed E-state index contributed by atoms with van der Waals surface area (Å²) in [5.74, 6) is 6.41. The molecule has 1 heterocycles. The second-order valence-corrected chi connectivity index (χ2v) is 2.28. The minimum atomic E-state index is 0.615. The first kappa shape index (κ1) is 7.74. The molecule has 0 radical (unpaired) electrons. The van der Waals surface area contributed by atoms with Crippen LogP contribution in [0.15, 0.2) is 12.3 Å². The highest BCUT2D eigenvalue weighted by Crippen LogP contribution is 2.05. The van der Waals surface area contributed by atoms with Gasteiger partial charge in [-0.15, -0.1) is 0 Å². The van der Waals surface area contributed by atoms with E-state index in [9.17, 15) is 0 Å². The number of nitrogens with one attached hydrogen (secondary N) is 1. The van der Waals surface area contributed by atoms with Crippen LogP contribution in [-0.4, -0.2) is 24.1 Å². The number of aromatic nitrogens is 2. The van der Waals surface area contributed by atoms with Gasteiger partial charge in [0.2, 0.25) is 5.95 Å². The van der Waals surface area contributed by atoms with Crippen LogP contribution < -0.4 is 16.2 Å². The van der Waals surface area contributed by atoms with E-state index in [0.717, 1.165) is 0 Å². The molecule has 0 saturated heterocycles. The Hall–Kier alpha value is -1.36. The lowest BCUT2D eigenvalue weighted by molar-refractivity contribution is 0.995. The standard InChI is InChI=1S/C6H11N5/c1-11(2)6-8-4-3-5(9-6)10-7/h3-4H,7H2,1-2H3,(H,8,9,10). The van der Waals surface area contributed by atoms with Crippen molar-refractivity contribution in [3.8, 4) is 0 Å². The first-order chi connectivity index (χ1) is 5.24. The minimum Gasteiger partial charge on any atom is -0.347 e. The molecule has 1 aromatic heterocycles. The lowest BCUT2D eigenvalue weighted by Gasteiger charge is -2.09. The minimum absolute atomic E-state index is 0.615. The van der Waals surface area contributed by atoms with Crippen LogP contribution in [0.4, 0.5) is 11.8 Å². The number of nitrogens with zero attached hydrogens (tertiary/aromatic N) is 3. The van der Waals surface area contributed by atoms with E-state index in [-0.39, 0.29) is 0 Å². The zero-order chi connectivity index (χ0) is 8.27. The molecular formula is C6H11N5. The van der Waals surface area contributed by atoms with E-state index >= 15 is 0 Å². The van der Waals surface area contributed by atoms with E-state index < -0.39 is 0 Å². The molecule has 0 fully saturated rings. The molecular weight excluding hydrogens is 142 g/mol. The average Bonchev–Trinajstić information content (AvgIpc) is 2.05. The van der Waals surface area contributed by atoms with Gasteiger partial charge in [0.05, 0.1) is 0 Å². The monoisotopic (exact) mass is 153 g/mol. The van der Waals surface area contributed by atoms with Gasteiger partial charge < -0.3 is 10.3 Å². The number of hydrazine groups is 1. The maximum Gasteiger partial charge on any atom is 0.226 e. The molecule has 0 amide bonds. The first-order valence-electron chi connectivity index (χ1n) is 3.21. The summed E-state index contributed by atoms with van der Waals surface area (Å²) in [4.78, 5) is 9.88. The Labute approximate surface area is 65.2 Å². The highest BCUT2D eigenvalue weighted by Gasteiger charge is 1.97. The first-order valence-corrected chi connectivity index (χ1v) is 3.21. The van der Waals surface area contributed by atoms with Gasteiger partial charge in [0, 0.05) is 26.4 Å². The van der Waals surface area contributed by atoms with E-state index in [1.165, 1.54) is 0 Å². The molecule has 0 spiro atoms. The molecule has 3 N–H and O–H groups in total. The topological polar surface area (TPSA) is 67.1 Å². The number of nitrogens with two attached hydrogens (primary N) is 1. The summed E-state index contributed by atoms with van der Waals surface area (Å²) in [6.07, 6.45) is 1.65. The molecule has 0 aliphatic heterocycles. The highest BCUT2D eigenvalue weighted by molar-refractivity contribution is 5.38. The summed E-state index contributed by atoms with van der Waals surface area (Å²) in [5.41, 5.74) is 2.44. The summed E-state index contributed by atoms with van der Waals surface area (Å²) in [6.45, 7) is 0. The van der Waals surface area contributed by atoms with Gasteiger partial charge in [-0.1, -0.05) is 0 Å². The van der Waals surface area contributed by atoms with E-state index in [1.807, 2.05) is 14.1 Å². The van der Waals surface area contributed by atoms with Crippen molar-refractivity contribution < 1.29 is 0 Å². The normalized spacial score (nSPS) is 9.36. The van der Waals surface area contributed by atoms with Crippen LogP contribution in [0.1, 0.15) is 0 Å². The lowest BCUT2D eigenvalue weighted by Crippen LogP contribution is -2.15. The van der Waals surface area contributed by atoms with Crippen LogP contribution in [0.3, 0.4) is 0 Å². The molecule has 0 aliphatic rings. The Morgan fingerprint density at radius 1 is 1.55 bits per heavy atom. The molecule has 0 atom stereocenters. The molecule has 5 heteroatoms. The van der Waals surface area contributed by atoms with E-state index in [4.69, 9.17) is 5.84 Å². The Morgan fingerprint density at radius 3 is 2.82 bits per heavy atom. The van der Waals surface area contributed by atoms with Crippen LogP contribution in [0.5, 0.6) is 0 Å². The van der Waals surface area contributed by atoms with Crippen molar-refractivity contribution in [2.24, 2.45) is 5.84 Å². The van der Waals surface area contributed by atoms with Crippen LogP contribution in [-0.2, 0) is 0 Å². The van der Waals surface area contributed by atoms with E-state index in [1.54, 1.807) is 17.2 Å². The summed E-state index contributed by atoms with van der Waals surface area (Å²) in [7, 11) is 3.74. The fourth-order valence-electron chi connectivity index (χ4n) is 0.644. The summed E-state index contributed by atoms with van der Waals surface area (Å²) in [5, 5.41) is 0. The summed E-state index contributed by atoms with van der Waals surface area (Å²) in [6, 6.07) is 1.70. The van der Waals surface area contributed by atoms with Gasteiger partial charge in [-0.2, -0.15) is 4.98 Å². The van der Waals surface area contributed by atoms with Crippen LogP contribution in [0.25, 0.3) is 0 Å². The quantitative estimate of drug-likeness (QED) is 0.456. The predicted octanol–water partition coefficient (Wildman–Crippen LogP) is -0.172. The molecule has 0 saturated carbocycles. The Bertz CT molecular complexity index is 234. The second kappa shape index (κ2) is 3.16. The molecule has 1 rings (SSSR count). The lowest BCUT2D eigenvalue weighted by atomic mass is 10.6. The van der Waals surface area contributed by atoms with Gasteiger partial charge in [0.25, 0.3) is 0 Å². The largest absolute Gasteiger partial charge is 0.347 e. The zero-order valence-corrected chi connectivity index (χ0v) is 6.57. The molecule has 60 valence electrons. The number of hydrogen-bond acceptors (Lipinski definition) is 5. The Morgan fingerprint density at radius 2 is 2.27 bits per heavy atom. The molecule has 11 heavy (non-hydrogen) atoms. The van der Waals surface area contributed by atoms with Crippen molar-refractivity contribution in [3.05, 3.63) is 12.3 Å². The van der Waals surface area contributed by atoms with Gasteiger partial charge in [-0.25, -0.2) is 10.8 Å². The molecule has 0 bridgehead atoms. The number of nitrogen functional groups attached to an aromatic ring is 1. The molecule has 0 aromatic carbocycles. The highest BCUT2D eigenvalue weighted by atomic mass is 15.3. The maximum absolute atomic E-state index is 5.16. The van der Waals surface area contributed by atoms with Gasteiger partial charge in [-0.05, 0) is 0 Å². The Kier molecular flexibility index (Phi) is 2.22. The van der Waals surface area contributed by atoms with Crippen molar-refractivity contribution in [2.45, 2.75) is 0 Å². The Balaban J connectivity index is 2.91. The third kappa shape index (κ3) is 1.78. The molecule has 0 unspecified atom stereocenters. The smallest absolute Gasteiger partial charge is 0.226 e. The average molecular weight is 153 g/mol. The molecule has 0 aliphatic carbocycles. The van der Waals surface area contributed by atoms with Crippen molar-refractivity contribution in [1.29, 1.82) is 0 Å². The van der Waals surface area contributed by atoms with Crippen LogP contribution in [0.2, 0.25) is 0 Å². The third-order valence-electron chi connectivity index (χ3n) is 1.19. The third-order valence-corrected chi connectivity index (χ3v) is 1.19. The number of rotatable bonds is 2. The van der Waals surface area contributed by atoms with Crippen LogP contribution in [0, 0.1) is 0 Å². The molecule has 1 aromatic rings. The van der Waals surface area contributed by atoms with Gasteiger partial charge in [-0.3, -0.25) is 0 Å². The predicted molar refractivity (Wildman–Crippen MR) is 44.2 cm³/mol. The van der Waals surface area contributed by atoms with Crippen molar-refractivity contribution >= 4 is 11.8 Å². The van der Waals surface area contributed by atoms with Gasteiger partial charge >= 0.3 is 0 Å². The second-order valence-electron chi connectivity index (χ2n) is 2.28. The SMILES string of the molecule is CN(C)c1nccc(NN)n1. The fraction of sp³-hybridized carbons (Fsp3) is 0.333. The van der Waals surface area contributed by atoms with Crippen LogP contribution >= 0.6 is 0 Å². The van der Waals surface area contributed by atoms with E-state index in [0.29, 0.717) is 11.8 Å². The van der Waals surface area contributed by atoms with Gasteiger partial charge in [0.15, 0.2) is 0 Å². The van der Waals surface area contributed by atoms with Crippen molar-refractivity contribution in [2.75, 3.05) is 24.4 Å². The summed E-state index contributed by atoms with van der Waals surface area (Å²) >= 11 is 0. The van der Waals surface area contributed by atoms with Gasteiger partial charge in [0.1, 0.15) is 5.82 Å². The fourth-order valence-corrected chi connectivity index (χ4v) is 0.644. The van der Waals surface area contributed by atoms with E-state index in [2.05, 4.69) is 15.4 Å². The number of hydrogen-bond donors (Lipinski definition) is 2. The zero-order valence-electron chi connectivity index (χ0n) is 6.57. The maximum atomic E-state index is 5.16. The molecule has 5 nitrogen and oxygen atoms in total. The van der Waals surface area contributed by atoms with Crippen molar-refractivity contribution in [3.63, 3.8) is 0 Å². The summed E-state index contributed by atoms with van der Waals surface area (Å²) < 4.78 is 0. The number of anilines is 2. The van der Waals surface area contributed by atoms with Crippen molar-refractivity contribution in [1.82, 2.24) is 9.97 Å².